The van der Waals surface area contributed by atoms with Crippen molar-refractivity contribution in [2.45, 2.75) is 13.3 Å². The van der Waals surface area contributed by atoms with Crippen molar-refractivity contribution in [3.8, 4) is 12.3 Å². The van der Waals surface area contributed by atoms with Crippen molar-refractivity contribution in [2.75, 3.05) is 12.1 Å². The number of benzene rings is 1. The molecule has 1 aromatic rings. The molecule has 0 unspecified atom stereocenters. The van der Waals surface area contributed by atoms with Gasteiger partial charge in [-0.15, -0.1) is 12.3 Å². The van der Waals surface area contributed by atoms with Gasteiger partial charge in [-0.2, -0.15) is 0 Å². The Morgan fingerprint density at radius 1 is 1.62 bits per heavy atom. The summed E-state index contributed by atoms with van der Waals surface area (Å²) in [6.45, 7) is 1.87. The number of methoxy groups -OCH3 is 1. The molecule has 84 valence electrons. The molecule has 0 heterocycles. The topological polar surface area (TPSA) is 55.6 Å². The van der Waals surface area contributed by atoms with Crippen molar-refractivity contribution in [3.05, 3.63) is 29.3 Å². The zero-order valence-corrected chi connectivity index (χ0v) is 9.36. The van der Waals surface area contributed by atoms with Gasteiger partial charge >= 0.3 is 6.09 Å². The van der Waals surface area contributed by atoms with Crippen LogP contribution in [0.4, 0.5) is 10.5 Å². The number of nitrogens with two attached hydrogens (primary N) is 1. The third kappa shape index (κ3) is 2.33. The van der Waals surface area contributed by atoms with Crippen LogP contribution in [0.2, 0.25) is 0 Å². The molecular formula is C12H14N2O2. The molecule has 0 fully saturated rings. The molecule has 0 aliphatic heterocycles. The van der Waals surface area contributed by atoms with Gasteiger partial charge in [0.25, 0.3) is 0 Å². The lowest BCUT2D eigenvalue weighted by molar-refractivity contribution is 0.178. The van der Waals surface area contributed by atoms with Gasteiger partial charge in [-0.05, 0) is 24.1 Å². The monoisotopic (exact) mass is 218 g/mol. The number of nitrogens with zero attached hydrogens (tertiary/aromatic N) is 1. The molecule has 0 atom stereocenters. The lowest BCUT2D eigenvalue weighted by Crippen LogP contribution is -2.37. The van der Waals surface area contributed by atoms with Gasteiger partial charge in [-0.1, -0.05) is 12.1 Å². The molecule has 4 heteroatoms. The van der Waals surface area contributed by atoms with Crippen LogP contribution in [0.3, 0.4) is 0 Å². The predicted octanol–water partition coefficient (Wildman–Crippen LogP) is 1.62. The molecule has 1 amide bonds. The first-order valence-corrected chi connectivity index (χ1v) is 4.76. The SMILES string of the molecule is C#CCc1cccc(N(N)C(=O)OC)c1C. The van der Waals surface area contributed by atoms with Crippen LogP contribution in [0, 0.1) is 19.3 Å². The van der Waals surface area contributed by atoms with Crippen molar-refractivity contribution in [3.63, 3.8) is 0 Å². The second kappa shape index (κ2) is 5.19. The maximum Gasteiger partial charge on any atom is 0.428 e. The van der Waals surface area contributed by atoms with Gasteiger partial charge < -0.3 is 4.74 Å². The minimum absolute atomic E-state index is 0.509. The fourth-order valence-electron chi connectivity index (χ4n) is 1.43. The average Bonchev–Trinajstić information content (AvgIpc) is 2.30. The molecule has 1 rings (SSSR count). The van der Waals surface area contributed by atoms with E-state index in [-0.39, 0.29) is 0 Å². The largest absolute Gasteiger partial charge is 0.452 e. The van der Waals surface area contributed by atoms with E-state index >= 15 is 0 Å². The smallest absolute Gasteiger partial charge is 0.428 e. The van der Waals surface area contributed by atoms with Gasteiger partial charge in [0.15, 0.2) is 0 Å². The summed E-state index contributed by atoms with van der Waals surface area (Å²) < 4.78 is 4.54. The molecule has 0 saturated heterocycles. The average molecular weight is 218 g/mol. The van der Waals surface area contributed by atoms with Crippen LogP contribution in [0.25, 0.3) is 0 Å². The van der Waals surface area contributed by atoms with Crippen LogP contribution in [0.5, 0.6) is 0 Å². The molecule has 0 saturated carbocycles. The van der Waals surface area contributed by atoms with Crippen LogP contribution in [0.1, 0.15) is 11.1 Å². The number of rotatable bonds is 2. The lowest BCUT2D eigenvalue weighted by atomic mass is 10.0. The maximum absolute atomic E-state index is 11.3. The standard InChI is InChI=1S/C12H14N2O2/c1-4-6-10-7-5-8-11(9(10)2)14(13)12(15)16-3/h1,5,7-8H,6,13H2,2-3H3. The Morgan fingerprint density at radius 3 is 2.88 bits per heavy atom. The Bertz CT molecular complexity index is 435. The summed E-state index contributed by atoms with van der Waals surface area (Å²) in [5.74, 6) is 8.18. The van der Waals surface area contributed by atoms with Crippen molar-refractivity contribution in [1.29, 1.82) is 0 Å². The first-order chi connectivity index (χ1) is 7.61. The number of ether oxygens (including phenoxy) is 1. The van der Waals surface area contributed by atoms with E-state index in [4.69, 9.17) is 12.3 Å². The van der Waals surface area contributed by atoms with Gasteiger partial charge in [0.1, 0.15) is 0 Å². The number of hydrazine groups is 1. The first-order valence-electron chi connectivity index (χ1n) is 4.76. The molecule has 0 spiro atoms. The number of carbonyl (C=O) groups excluding carboxylic acids is 1. The molecule has 0 radical (unpaired) electrons. The summed E-state index contributed by atoms with van der Waals surface area (Å²) in [7, 11) is 1.28. The fraction of sp³-hybridized carbons (Fsp3) is 0.250. The summed E-state index contributed by atoms with van der Waals surface area (Å²) >= 11 is 0. The number of hydrogen-bond acceptors (Lipinski definition) is 3. The highest BCUT2D eigenvalue weighted by Crippen LogP contribution is 2.21. The number of carbonyl (C=O) groups is 1. The van der Waals surface area contributed by atoms with E-state index < -0.39 is 6.09 Å². The van der Waals surface area contributed by atoms with E-state index in [0.29, 0.717) is 12.1 Å². The van der Waals surface area contributed by atoms with E-state index in [2.05, 4.69) is 10.7 Å². The van der Waals surface area contributed by atoms with Crippen molar-refractivity contribution in [2.24, 2.45) is 5.84 Å². The molecule has 0 aromatic heterocycles. The highest BCUT2D eigenvalue weighted by molar-refractivity contribution is 5.87. The van der Waals surface area contributed by atoms with Gasteiger partial charge in [-0.25, -0.2) is 15.6 Å². The third-order valence-corrected chi connectivity index (χ3v) is 2.34. The van der Waals surface area contributed by atoms with Crippen LogP contribution < -0.4 is 10.9 Å². The summed E-state index contributed by atoms with van der Waals surface area (Å²) in [6, 6.07) is 5.45. The minimum atomic E-state index is -0.610. The van der Waals surface area contributed by atoms with E-state index in [1.54, 1.807) is 12.1 Å². The van der Waals surface area contributed by atoms with Crippen LogP contribution >= 0.6 is 0 Å². The highest BCUT2D eigenvalue weighted by atomic mass is 16.5. The molecule has 16 heavy (non-hydrogen) atoms. The number of anilines is 1. The molecule has 0 aliphatic rings. The van der Waals surface area contributed by atoms with Gasteiger partial charge in [0.2, 0.25) is 0 Å². The molecule has 4 nitrogen and oxygen atoms in total. The molecular weight excluding hydrogens is 204 g/mol. The summed E-state index contributed by atoms with van der Waals surface area (Å²) in [5.41, 5.74) is 2.45. The Morgan fingerprint density at radius 2 is 2.31 bits per heavy atom. The molecule has 0 bridgehead atoms. The Hall–Kier alpha value is -1.99. The van der Waals surface area contributed by atoms with Gasteiger partial charge in [-0.3, -0.25) is 0 Å². The number of hydrogen-bond donors (Lipinski definition) is 1. The zero-order chi connectivity index (χ0) is 12.1. The Balaban J connectivity index is 3.11. The highest BCUT2D eigenvalue weighted by Gasteiger charge is 2.14. The molecule has 2 N–H and O–H groups in total. The van der Waals surface area contributed by atoms with Crippen molar-refractivity contribution < 1.29 is 9.53 Å². The Labute approximate surface area is 95.0 Å². The Kier molecular flexibility index (Phi) is 3.92. The van der Waals surface area contributed by atoms with Gasteiger partial charge in [0.05, 0.1) is 12.8 Å². The lowest BCUT2D eigenvalue weighted by Gasteiger charge is -2.18. The zero-order valence-electron chi connectivity index (χ0n) is 9.36. The van der Waals surface area contributed by atoms with Crippen molar-refractivity contribution >= 4 is 11.8 Å². The summed E-state index contributed by atoms with van der Waals surface area (Å²) in [5, 5.41) is 0.968. The number of amides is 1. The van der Waals surface area contributed by atoms with Crippen LogP contribution in [-0.4, -0.2) is 13.2 Å². The van der Waals surface area contributed by atoms with Gasteiger partial charge in [0, 0.05) is 6.42 Å². The van der Waals surface area contributed by atoms with Crippen molar-refractivity contribution in [1.82, 2.24) is 0 Å². The first kappa shape index (κ1) is 12.1. The van der Waals surface area contributed by atoms with E-state index in [1.165, 1.54) is 7.11 Å². The van der Waals surface area contributed by atoms with E-state index in [1.807, 2.05) is 13.0 Å². The quantitative estimate of drug-likeness (QED) is 0.355. The third-order valence-electron chi connectivity index (χ3n) is 2.34. The van der Waals surface area contributed by atoms with E-state index in [9.17, 15) is 4.79 Å². The summed E-state index contributed by atoms with van der Waals surface area (Å²) in [6.07, 6.45) is 5.15. The maximum atomic E-state index is 11.3. The van der Waals surface area contributed by atoms with E-state index in [0.717, 1.165) is 16.1 Å². The second-order valence-corrected chi connectivity index (χ2v) is 3.28. The predicted molar refractivity (Wildman–Crippen MR) is 62.8 cm³/mol. The molecule has 0 aliphatic carbocycles. The second-order valence-electron chi connectivity index (χ2n) is 3.28. The van der Waals surface area contributed by atoms with Crippen LogP contribution in [0.15, 0.2) is 18.2 Å². The number of terminal acetylenes is 1. The van der Waals surface area contributed by atoms with Crippen LogP contribution in [-0.2, 0) is 11.2 Å². The molecule has 1 aromatic carbocycles. The normalized spacial score (nSPS) is 9.38. The minimum Gasteiger partial charge on any atom is -0.452 e. The summed E-state index contributed by atoms with van der Waals surface area (Å²) in [4.78, 5) is 11.3. The fourth-order valence-corrected chi connectivity index (χ4v) is 1.43.